The van der Waals surface area contributed by atoms with Crippen molar-refractivity contribution in [3.05, 3.63) is 71.8 Å². The number of aliphatic hydroxyl groups is 3. The van der Waals surface area contributed by atoms with E-state index in [1.807, 2.05) is 30.3 Å². The lowest BCUT2D eigenvalue weighted by Crippen LogP contribution is -2.72. The maximum atomic E-state index is 13.7. The van der Waals surface area contributed by atoms with Gasteiger partial charge in [0.05, 0.1) is 12.2 Å². The van der Waals surface area contributed by atoms with Crippen LogP contribution in [-0.2, 0) is 27.2 Å². The first kappa shape index (κ1) is 32.9. The number of nitrogens with two attached hydrogens (primary N) is 2. The molecular formula is C29H42N4O7. The van der Waals surface area contributed by atoms with Gasteiger partial charge in [0.25, 0.3) is 5.91 Å². The Kier molecular flexibility index (Phi) is 11.0. The van der Waals surface area contributed by atoms with Gasteiger partial charge in [0, 0.05) is 18.9 Å². The predicted molar refractivity (Wildman–Crippen MR) is 149 cm³/mol. The lowest BCUT2D eigenvalue weighted by molar-refractivity contribution is -0.180. The number of aryl methyl sites for hydroxylation is 1. The van der Waals surface area contributed by atoms with Crippen LogP contribution in [0.25, 0.3) is 0 Å². The highest BCUT2D eigenvalue weighted by Crippen LogP contribution is 2.33. The molecule has 0 radical (unpaired) electrons. The fourth-order valence-corrected chi connectivity index (χ4v) is 4.35. The maximum absolute atomic E-state index is 13.7. The Bertz CT molecular complexity index is 1140. The van der Waals surface area contributed by atoms with Gasteiger partial charge in [-0.25, -0.2) is 9.59 Å². The summed E-state index contributed by atoms with van der Waals surface area (Å²) in [6.07, 6.45) is -5.40. The van der Waals surface area contributed by atoms with Crippen LogP contribution in [-0.4, -0.2) is 74.9 Å². The number of carbonyl (C=O) groups excluding carboxylic acids is 3. The number of carbonyl (C=O) groups is 3. The average Bonchev–Trinajstić information content (AvgIpc) is 2.90. The number of hydrogen-bond donors (Lipinski definition) is 6. The topological polar surface area (TPSA) is 188 Å². The van der Waals surface area contributed by atoms with Crippen molar-refractivity contribution in [2.75, 3.05) is 7.05 Å². The van der Waals surface area contributed by atoms with Gasteiger partial charge in [-0.05, 0) is 30.9 Å². The minimum atomic E-state index is -2.76. The van der Waals surface area contributed by atoms with Crippen LogP contribution in [0.4, 0.5) is 4.79 Å². The molecule has 0 bridgehead atoms. The number of nitrogens with one attached hydrogen (secondary N) is 1. The summed E-state index contributed by atoms with van der Waals surface area (Å²) in [6.45, 7) is 5.60. The quantitative estimate of drug-likeness (QED) is 0.133. The predicted octanol–water partition coefficient (Wildman–Crippen LogP) is 1.03. The number of esters is 1. The molecule has 0 saturated carbocycles. The van der Waals surface area contributed by atoms with Gasteiger partial charge in [0.15, 0.2) is 0 Å². The lowest BCUT2D eigenvalue weighted by Gasteiger charge is -2.46. The van der Waals surface area contributed by atoms with E-state index in [4.69, 9.17) is 16.2 Å². The molecule has 2 aromatic rings. The molecule has 11 nitrogen and oxygen atoms in total. The molecule has 0 fully saturated rings. The van der Waals surface area contributed by atoms with Crippen LogP contribution in [0.15, 0.2) is 60.7 Å². The van der Waals surface area contributed by atoms with Crippen molar-refractivity contribution >= 4 is 18.0 Å². The molecule has 0 saturated heterocycles. The van der Waals surface area contributed by atoms with Gasteiger partial charge in [0.2, 0.25) is 5.60 Å². The third-order valence-electron chi connectivity index (χ3n) is 7.08. The first-order chi connectivity index (χ1) is 18.6. The summed E-state index contributed by atoms with van der Waals surface area (Å²) < 4.78 is 5.05. The Labute approximate surface area is 235 Å². The Hall–Kier alpha value is -3.35. The molecule has 40 heavy (non-hydrogen) atoms. The molecule has 0 aliphatic rings. The number of likely N-dealkylation sites (N-methyl/N-ethyl adjacent to an activating group) is 1. The van der Waals surface area contributed by atoms with Crippen LogP contribution in [0.5, 0.6) is 0 Å². The molecule has 0 spiro atoms. The minimum Gasteiger partial charge on any atom is -0.390 e. The summed E-state index contributed by atoms with van der Waals surface area (Å²) in [4.78, 5) is 40.1. The Morgan fingerprint density at radius 3 is 1.93 bits per heavy atom. The van der Waals surface area contributed by atoms with Crippen LogP contribution in [0.1, 0.15) is 45.2 Å². The molecule has 2 aromatic carbocycles. The fraction of sp³-hybridized carbons (Fsp3) is 0.483. The van der Waals surface area contributed by atoms with Crippen molar-refractivity contribution in [2.24, 2.45) is 16.9 Å². The smallest absolute Gasteiger partial charge is 0.390 e. The van der Waals surface area contributed by atoms with Crippen molar-refractivity contribution in [2.45, 2.75) is 76.6 Å². The molecule has 0 aliphatic carbocycles. The zero-order chi connectivity index (χ0) is 30.3. The van der Waals surface area contributed by atoms with E-state index in [1.165, 1.54) is 34.7 Å². The second-order valence-electron chi connectivity index (χ2n) is 11.0. The van der Waals surface area contributed by atoms with E-state index in [1.54, 1.807) is 30.3 Å². The molecule has 0 heterocycles. The van der Waals surface area contributed by atoms with E-state index in [0.717, 1.165) is 5.56 Å². The third-order valence-corrected chi connectivity index (χ3v) is 7.08. The van der Waals surface area contributed by atoms with E-state index >= 15 is 0 Å². The molecule has 5 atom stereocenters. The molecular weight excluding hydrogens is 516 g/mol. The standard InChI is InChI=1S/C29H42N4O7/c1-19(34)28(31,18-21-14-10-7-11-15-21)33(23(30)22(35)17-16-20-12-8-6-9-13-20)26(38)40-25(37)29(39,24(36)32-5)27(2,3)4/h6-15,19,22-23,34-35,39H,16-18,30-31H2,1-5H3,(H,32,36). The van der Waals surface area contributed by atoms with Gasteiger partial charge in [0.1, 0.15) is 11.8 Å². The van der Waals surface area contributed by atoms with Crippen molar-refractivity contribution in [3.8, 4) is 0 Å². The van der Waals surface area contributed by atoms with E-state index in [2.05, 4.69) is 5.32 Å². The highest BCUT2D eigenvalue weighted by molar-refractivity contribution is 6.09. The Balaban J connectivity index is 2.50. The van der Waals surface area contributed by atoms with Crippen molar-refractivity contribution in [3.63, 3.8) is 0 Å². The van der Waals surface area contributed by atoms with Crippen LogP contribution in [0.3, 0.4) is 0 Å². The van der Waals surface area contributed by atoms with Gasteiger partial charge >= 0.3 is 12.1 Å². The third kappa shape index (κ3) is 7.23. The van der Waals surface area contributed by atoms with E-state index in [-0.39, 0.29) is 12.8 Å². The summed E-state index contributed by atoms with van der Waals surface area (Å²) in [5.74, 6) is -2.65. The normalized spacial score (nSPS) is 16.9. The zero-order valence-corrected chi connectivity index (χ0v) is 23.7. The number of ether oxygens (including phenoxy) is 1. The number of amides is 2. The number of hydrogen-bond acceptors (Lipinski definition) is 9. The molecule has 220 valence electrons. The highest BCUT2D eigenvalue weighted by Gasteiger charge is 2.56. The molecule has 11 heteroatoms. The summed E-state index contributed by atoms with van der Waals surface area (Å²) >= 11 is 0. The van der Waals surface area contributed by atoms with Crippen LogP contribution in [0, 0.1) is 5.41 Å². The van der Waals surface area contributed by atoms with E-state index in [9.17, 15) is 29.7 Å². The van der Waals surface area contributed by atoms with E-state index < -0.39 is 53.0 Å². The fourth-order valence-electron chi connectivity index (χ4n) is 4.35. The van der Waals surface area contributed by atoms with Crippen molar-refractivity contribution < 1.29 is 34.4 Å². The highest BCUT2D eigenvalue weighted by atomic mass is 16.6. The summed E-state index contributed by atoms with van der Waals surface area (Å²) in [5.41, 5.74) is 8.46. The maximum Gasteiger partial charge on any atom is 0.420 e. The molecule has 0 aromatic heterocycles. The molecule has 8 N–H and O–H groups in total. The number of nitrogens with zero attached hydrogens (tertiary/aromatic N) is 1. The largest absolute Gasteiger partial charge is 0.420 e. The van der Waals surface area contributed by atoms with Gasteiger partial charge in [-0.15, -0.1) is 0 Å². The zero-order valence-electron chi connectivity index (χ0n) is 23.7. The molecule has 5 unspecified atom stereocenters. The van der Waals surface area contributed by atoms with E-state index in [0.29, 0.717) is 16.9 Å². The minimum absolute atomic E-state index is 0.105. The van der Waals surface area contributed by atoms with Gasteiger partial charge in [-0.3, -0.25) is 9.69 Å². The summed E-state index contributed by atoms with van der Waals surface area (Å²) in [5, 5.41) is 35.2. The van der Waals surface area contributed by atoms with Gasteiger partial charge in [-0.2, -0.15) is 0 Å². The van der Waals surface area contributed by atoms with Crippen LogP contribution < -0.4 is 16.8 Å². The molecule has 2 amide bonds. The lowest BCUT2D eigenvalue weighted by atomic mass is 9.75. The SMILES string of the molecule is CNC(=O)C(O)(C(=O)OC(=O)N(C(N)C(O)CCc1ccccc1)C(N)(Cc1ccccc1)C(C)O)C(C)(C)C. The van der Waals surface area contributed by atoms with Crippen LogP contribution >= 0.6 is 0 Å². The van der Waals surface area contributed by atoms with Gasteiger partial charge < -0.3 is 36.8 Å². The van der Waals surface area contributed by atoms with Crippen LogP contribution in [0.2, 0.25) is 0 Å². The number of benzene rings is 2. The average molecular weight is 559 g/mol. The molecule has 2 rings (SSSR count). The number of aliphatic hydroxyl groups excluding tert-OH is 2. The molecule has 0 aliphatic heterocycles. The number of rotatable bonds is 11. The first-order valence-electron chi connectivity index (χ1n) is 13.1. The summed E-state index contributed by atoms with van der Waals surface area (Å²) in [7, 11) is 1.22. The van der Waals surface area contributed by atoms with Crippen molar-refractivity contribution in [1.29, 1.82) is 0 Å². The Morgan fingerprint density at radius 2 is 1.48 bits per heavy atom. The Morgan fingerprint density at radius 1 is 0.975 bits per heavy atom. The first-order valence-corrected chi connectivity index (χ1v) is 13.1. The monoisotopic (exact) mass is 558 g/mol. The van der Waals surface area contributed by atoms with Crippen molar-refractivity contribution in [1.82, 2.24) is 10.2 Å². The van der Waals surface area contributed by atoms with Gasteiger partial charge in [-0.1, -0.05) is 81.4 Å². The second-order valence-corrected chi connectivity index (χ2v) is 11.0. The summed E-state index contributed by atoms with van der Waals surface area (Å²) in [6, 6.07) is 18.0. The second kappa shape index (κ2) is 13.3.